The van der Waals surface area contributed by atoms with Crippen LogP contribution in [0.4, 0.5) is 0 Å². The Hall–Kier alpha value is -2.94. The largest absolute Gasteiger partial charge is 0.456 e. The maximum absolute atomic E-state index is 13.1. The van der Waals surface area contributed by atoms with Gasteiger partial charge in [0.25, 0.3) is 0 Å². The van der Waals surface area contributed by atoms with Gasteiger partial charge >= 0.3 is 0 Å². The summed E-state index contributed by atoms with van der Waals surface area (Å²) in [5.74, 6) is 0. The summed E-state index contributed by atoms with van der Waals surface area (Å²) in [5.41, 5.74) is 4.06. The number of nitrogens with zero attached hydrogens (tertiary/aromatic N) is 1. The summed E-state index contributed by atoms with van der Waals surface area (Å²) in [7, 11) is 0. The van der Waals surface area contributed by atoms with Gasteiger partial charge in [-0.1, -0.05) is 32.9 Å². The van der Waals surface area contributed by atoms with Crippen LogP contribution in [0.2, 0.25) is 0 Å². The first-order valence-electron chi connectivity index (χ1n) is 8.36. The predicted octanol–water partition coefficient (Wildman–Crippen LogP) is 5.31. The first kappa shape index (κ1) is 15.6. The molecule has 4 aromatic rings. The van der Waals surface area contributed by atoms with Gasteiger partial charge in [-0.15, -0.1) is 0 Å². The van der Waals surface area contributed by atoms with Crippen LogP contribution in [0, 0.1) is 0 Å². The summed E-state index contributed by atoms with van der Waals surface area (Å²) < 4.78 is 5.97. The molecule has 0 bridgehead atoms. The molecule has 0 saturated heterocycles. The average molecular weight is 329 g/mol. The van der Waals surface area contributed by atoms with Gasteiger partial charge < -0.3 is 4.42 Å². The fourth-order valence-electron chi connectivity index (χ4n) is 3.02. The number of rotatable bonds is 1. The number of fused-ring (bicyclic) bond motifs is 2. The third-order valence-corrected chi connectivity index (χ3v) is 4.49. The molecular weight excluding hydrogens is 310 g/mol. The summed E-state index contributed by atoms with van der Waals surface area (Å²) in [6.07, 6.45) is 1.75. The van der Waals surface area contributed by atoms with E-state index in [1.807, 2.05) is 54.6 Å². The zero-order valence-corrected chi connectivity index (χ0v) is 14.5. The predicted molar refractivity (Wildman–Crippen MR) is 102 cm³/mol. The van der Waals surface area contributed by atoms with Gasteiger partial charge in [-0.25, -0.2) is 0 Å². The molecule has 0 aliphatic carbocycles. The van der Waals surface area contributed by atoms with Crippen LogP contribution in [0.5, 0.6) is 0 Å². The Kier molecular flexibility index (Phi) is 3.46. The van der Waals surface area contributed by atoms with Gasteiger partial charge in [0.2, 0.25) is 5.43 Å². The van der Waals surface area contributed by atoms with Crippen molar-refractivity contribution < 1.29 is 4.42 Å². The molecule has 3 nitrogen and oxygen atoms in total. The second-order valence-corrected chi connectivity index (χ2v) is 7.32. The molecule has 0 atom stereocenters. The van der Waals surface area contributed by atoms with Gasteiger partial charge in [-0.3, -0.25) is 9.78 Å². The summed E-state index contributed by atoms with van der Waals surface area (Å²) >= 11 is 0. The Labute approximate surface area is 145 Å². The Morgan fingerprint density at radius 1 is 0.880 bits per heavy atom. The van der Waals surface area contributed by atoms with E-state index in [4.69, 9.17) is 4.42 Å². The highest BCUT2D eigenvalue weighted by molar-refractivity contribution is 5.92. The van der Waals surface area contributed by atoms with E-state index in [9.17, 15) is 4.79 Å². The molecule has 0 aliphatic rings. The minimum atomic E-state index is -0.0224. The van der Waals surface area contributed by atoms with E-state index in [0.29, 0.717) is 21.9 Å². The molecule has 0 fully saturated rings. The lowest BCUT2D eigenvalue weighted by Gasteiger charge is -2.19. The molecule has 0 radical (unpaired) electrons. The number of hydrogen-bond acceptors (Lipinski definition) is 3. The zero-order valence-electron chi connectivity index (χ0n) is 14.5. The number of pyridine rings is 1. The number of aromatic nitrogens is 1. The Morgan fingerprint density at radius 3 is 2.28 bits per heavy atom. The standard InChI is InChI=1S/C22H19NO2/c1-22(2,3)15-8-10-20-17(13-15)21(24)16-12-14(7-9-19(16)25-20)18-6-4-5-11-23-18/h4-13H,1-3H3. The highest BCUT2D eigenvalue weighted by atomic mass is 16.3. The molecule has 2 heterocycles. The van der Waals surface area contributed by atoms with E-state index >= 15 is 0 Å². The van der Waals surface area contributed by atoms with E-state index in [2.05, 4.69) is 25.8 Å². The van der Waals surface area contributed by atoms with E-state index < -0.39 is 0 Å². The quantitative estimate of drug-likeness (QED) is 0.445. The summed E-state index contributed by atoms with van der Waals surface area (Å²) in [6, 6.07) is 17.3. The molecule has 0 saturated carbocycles. The van der Waals surface area contributed by atoms with Crippen molar-refractivity contribution in [2.75, 3.05) is 0 Å². The van der Waals surface area contributed by atoms with Crippen molar-refractivity contribution in [2.45, 2.75) is 26.2 Å². The average Bonchev–Trinajstić information content (AvgIpc) is 2.61. The van der Waals surface area contributed by atoms with E-state index in [-0.39, 0.29) is 10.8 Å². The van der Waals surface area contributed by atoms with Crippen LogP contribution in [0.25, 0.3) is 33.2 Å². The van der Waals surface area contributed by atoms with Crippen molar-refractivity contribution in [1.29, 1.82) is 0 Å². The van der Waals surface area contributed by atoms with Crippen LogP contribution < -0.4 is 5.43 Å². The van der Waals surface area contributed by atoms with Crippen molar-refractivity contribution in [1.82, 2.24) is 4.98 Å². The Bertz CT molecular complexity index is 1140. The smallest absolute Gasteiger partial charge is 0.200 e. The highest BCUT2D eigenvalue weighted by Crippen LogP contribution is 2.28. The second kappa shape index (κ2) is 5.55. The molecule has 0 spiro atoms. The van der Waals surface area contributed by atoms with Crippen LogP contribution >= 0.6 is 0 Å². The molecule has 25 heavy (non-hydrogen) atoms. The molecule has 0 amide bonds. The Morgan fingerprint density at radius 2 is 1.60 bits per heavy atom. The third-order valence-electron chi connectivity index (χ3n) is 4.49. The molecule has 4 rings (SSSR count). The van der Waals surface area contributed by atoms with Crippen LogP contribution in [0.3, 0.4) is 0 Å². The fourth-order valence-corrected chi connectivity index (χ4v) is 3.02. The van der Waals surface area contributed by atoms with Gasteiger partial charge in [0.05, 0.1) is 16.5 Å². The minimum absolute atomic E-state index is 0.000121. The van der Waals surface area contributed by atoms with E-state index in [1.165, 1.54) is 0 Å². The SMILES string of the molecule is CC(C)(C)c1ccc2oc3ccc(-c4ccccn4)cc3c(=O)c2c1. The normalized spacial score (nSPS) is 12.0. The summed E-state index contributed by atoms with van der Waals surface area (Å²) in [4.78, 5) is 17.4. The first-order valence-corrected chi connectivity index (χ1v) is 8.36. The lowest BCUT2D eigenvalue weighted by atomic mass is 9.86. The number of hydrogen-bond donors (Lipinski definition) is 0. The van der Waals surface area contributed by atoms with Crippen LogP contribution in [0.15, 0.2) is 70.0 Å². The minimum Gasteiger partial charge on any atom is -0.456 e. The topological polar surface area (TPSA) is 43.1 Å². The fraction of sp³-hybridized carbons (Fsp3) is 0.182. The molecule has 0 N–H and O–H groups in total. The van der Waals surface area contributed by atoms with Gasteiger partial charge in [-0.05, 0) is 53.4 Å². The molecule has 124 valence electrons. The molecule has 0 unspecified atom stereocenters. The maximum atomic E-state index is 13.1. The first-order chi connectivity index (χ1) is 11.9. The monoisotopic (exact) mass is 329 g/mol. The molecule has 2 aromatic heterocycles. The molecule has 2 aromatic carbocycles. The maximum Gasteiger partial charge on any atom is 0.200 e. The van der Waals surface area contributed by atoms with Crippen molar-refractivity contribution in [3.63, 3.8) is 0 Å². The second-order valence-electron chi connectivity index (χ2n) is 7.32. The van der Waals surface area contributed by atoms with Gasteiger partial charge in [-0.2, -0.15) is 0 Å². The van der Waals surface area contributed by atoms with Crippen LogP contribution in [-0.2, 0) is 5.41 Å². The molecular formula is C22H19NO2. The van der Waals surface area contributed by atoms with E-state index in [1.54, 1.807) is 6.20 Å². The number of benzene rings is 2. The molecule has 0 aliphatic heterocycles. The van der Waals surface area contributed by atoms with Crippen molar-refractivity contribution in [2.24, 2.45) is 0 Å². The van der Waals surface area contributed by atoms with Crippen molar-refractivity contribution in [3.8, 4) is 11.3 Å². The zero-order chi connectivity index (χ0) is 17.6. The lowest BCUT2D eigenvalue weighted by Crippen LogP contribution is -2.12. The van der Waals surface area contributed by atoms with Gasteiger partial charge in [0.15, 0.2) is 0 Å². The van der Waals surface area contributed by atoms with Crippen molar-refractivity contribution >= 4 is 21.9 Å². The summed E-state index contributed by atoms with van der Waals surface area (Å²) in [5, 5.41) is 1.21. The van der Waals surface area contributed by atoms with Crippen LogP contribution in [-0.4, -0.2) is 4.98 Å². The van der Waals surface area contributed by atoms with Gasteiger partial charge in [0.1, 0.15) is 11.2 Å². The Balaban J connectivity index is 2.00. The molecule has 3 heteroatoms. The van der Waals surface area contributed by atoms with Crippen LogP contribution in [0.1, 0.15) is 26.3 Å². The third kappa shape index (κ3) is 2.72. The highest BCUT2D eigenvalue weighted by Gasteiger charge is 2.16. The lowest BCUT2D eigenvalue weighted by molar-refractivity contribution is 0.590. The van der Waals surface area contributed by atoms with E-state index in [0.717, 1.165) is 16.8 Å². The van der Waals surface area contributed by atoms with Gasteiger partial charge in [0, 0.05) is 11.8 Å². The summed E-state index contributed by atoms with van der Waals surface area (Å²) in [6.45, 7) is 6.40. The van der Waals surface area contributed by atoms with Crippen molar-refractivity contribution in [3.05, 3.63) is 76.6 Å².